The Morgan fingerprint density at radius 3 is 2.31 bits per heavy atom. The predicted octanol–water partition coefficient (Wildman–Crippen LogP) is 2.18. The maximum absolute atomic E-state index is 10.0. The highest BCUT2D eigenvalue weighted by atomic mass is 28.3. The molecular formula is C10H22O2Si. The fraction of sp³-hybridized carbons (Fsp3) is 1.00. The molecule has 0 radical (unpaired) electrons. The van der Waals surface area contributed by atoms with Gasteiger partial charge in [-0.3, -0.25) is 0 Å². The lowest BCUT2D eigenvalue weighted by atomic mass is 10.1. The molecule has 1 rings (SSSR count). The smallest absolute Gasteiger partial charge is 0.106 e. The van der Waals surface area contributed by atoms with E-state index in [0.717, 1.165) is 25.9 Å². The van der Waals surface area contributed by atoms with Crippen LogP contribution in [-0.2, 0) is 4.74 Å². The largest absolute Gasteiger partial charge is 0.390 e. The minimum atomic E-state index is -1.36. The standard InChI is InChI=1S/C10H22O2Si/c1-5-6-7-9(11)10(8-12-10)13(2,3)4/h9,11H,5-8H2,1-4H3/t9-,10-/m1/s1. The topological polar surface area (TPSA) is 32.8 Å². The Morgan fingerprint density at radius 1 is 1.46 bits per heavy atom. The van der Waals surface area contributed by atoms with Gasteiger partial charge in [0.05, 0.1) is 20.8 Å². The molecule has 0 unspecified atom stereocenters. The van der Waals surface area contributed by atoms with Gasteiger partial charge in [-0.25, -0.2) is 0 Å². The van der Waals surface area contributed by atoms with Gasteiger partial charge in [0.1, 0.15) is 5.22 Å². The van der Waals surface area contributed by atoms with E-state index in [0.29, 0.717) is 0 Å². The van der Waals surface area contributed by atoms with Crippen molar-refractivity contribution in [1.82, 2.24) is 0 Å². The maximum Gasteiger partial charge on any atom is 0.106 e. The average Bonchev–Trinajstić information content (AvgIpc) is 2.78. The van der Waals surface area contributed by atoms with Gasteiger partial charge >= 0.3 is 0 Å². The third kappa shape index (κ3) is 2.14. The molecule has 0 aliphatic carbocycles. The Hall–Kier alpha value is 0.137. The van der Waals surface area contributed by atoms with Gasteiger partial charge in [0, 0.05) is 0 Å². The van der Waals surface area contributed by atoms with Crippen molar-refractivity contribution in [3.63, 3.8) is 0 Å². The van der Waals surface area contributed by atoms with Crippen LogP contribution in [0.1, 0.15) is 26.2 Å². The minimum Gasteiger partial charge on any atom is -0.390 e. The number of rotatable bonds is 5. The number of hydrogen-bond donors (Lipinski definition) is 1. The summed E-state index contributed by atoms with van der Waals surface area (Å²) in [6, 6.07) is 0. The van der Waals surface area contributed by atoms with E-state index in [9.17, 15) is 5.11 Å². The third-order valence-corrected chi connectivity index (χ3v) is 6.26. The van der Waals surface area contributed by atoms with E-state index in [1.807, 2.05) is 0 Å². The minimum absolute atomic E-state index is 0.109. The second-order valence-corrected chi connectivity index (χ2v) is 10.4. The van der Waals surface area contributed by atoms with Crippen LogP contribution in [0, 0.1) is 0 Å². The third-order valence-electron chi connectivity index (χ3n) is 3.09. The fourth-order valence-electron chi connectivity index (χ4n) is 1.83. The van der Waals surface area contributed by atoms with Crippen molar-refractivity contribution in [2.75, 3.05) is 6.61 Å². The number of epoxide rings is 1. The van der Waals surface area contributed by atoms with Crippen LogP contribution in [0.3, 0.4) is 0 Å². The van der Waals surface area contributed by atoms with E-state index in [1.54, 1.807) is 0 Å². The molecule has 0 aromatic carbocycles. The Labute approximate surface area is 82.3 Å². The van der Waals surface area contributed by atoms with Crippen molar-refractivity contribution in [1.29, 1.82) is 0 Å². The summed E-state index contributed by atoms with van der Waals surface area (Å²) in [6.07, 6.45) is 2.94. The average molecular weight is 202 g/mol. The highest BCUT2D eigenvalue weighted by Crippen LogP contribution is 2.41. The normalized spacial score (nSPS) is 30.2. The summed E-state index contributed by atoms with van der Waals surface area (Å²) in [5, 5.41) is 9.91. The van der Waals surface area contributed by atoms with Gasteiger partial charge in [-0.15, -0.1) is 0 Å². The molecule has 1 heterocycles. The Balaban J connectivity index is 2.50. The number of unbranched alkanes of at least 4 members (excludes halogenated alkanes) is 1. The van der Waals surface area contributed by atoms with E-state index >= 15 is 0 Å². The molecular weight excluding hydrogens is 180 g/mol. The van der Waals surface area contributed by atoms with Crippen molar-refractivity contribution in [2.45, 2.75) is 57.2 Å². The first-order chi connectivity index (χ1) is 5.94. The molecule has 1 aliphatic rings. The summed E-state index contributed by atoms with van der Waals surface area (Å²) in [7, 11) is -1.36. The van der Waals surface area contributed by atoms with Gasteiger partial charge in [0.25, 0.3) is 0 Å². The molecule has 3 heteroatoms. The van der Waals surface area contributed by atoms with Crippen LogP contribution in [0.15, 0.2) is 0 Å². The molecule has 13 heavy (non-hydrogen) atoms. The van der Waals surface area contributed by atoms with Crippen molar-refractivity contribution < 1.29 is 9.84 Å². The highest BCUT2D eigenvalue weighted by Gasteiger charge is 2.59. The lowest BCUT2D eigenvalue weighted by Crippen LogP contribution is -2.50. The second kappa shape index (κ2) is 3.71. The molecule has 1 saturated heterocycles. The number of ether oxygens (including phenoxy) is 1. The van der Waals surface area contributed by atoms with Crippen LogP contribution in [0.4, 0.5) is 0 Å². The summed E-state index contributed by atoms with van der Waals surface area (Å²) in [6.45, 7) is 9.76. The second-order valence-electron chi connectivity index (χ2n) is 5.09. The molecule has 0 aromatic heterocycles. The Kier molecular flexibility index (Phi) is 3.20. The van der Waals surface area contributed by atoms with Gasteiger partial charge in [-0.1, -0.05) is 39.4 Å². The molecule has 2 nitrogen and oxygen atoms in total. The van der Waals surface area contributed by atoms with Crippen LogP contribution in [0.25, 0.3) is 0 Å². The van der Waals surface area contributed by atoms with Gasteiger partial charge in [-0.2, -0.15) is 0 Å². The van der Waals surface area contributed by atoms with E-state index in [-0.39, 0.29) is 11.3 Å². The summed E-state index contributed by atoms with van der Waals surface area (Å²) in [5.74, 6) is 0. The fourth-order valence-corrected chi connectivity index (χ4v) is 3.92. The summed E-state index contributed by atoms with van der Waals surface area (Å²) in [4.78, 5) is 0. The van der Waals surface area contributed by atoms with Crippen LogP contribution in [0.5, 0.6) is 0 Å². The molecule has 78 valence electrons. The predicted molar refractivity (Wildman–Crippen MR) is 57.6 cm³/mol. The summed E-state index contributed by atoms with van der Waals surface area (Å²) in [5.41, 5.74) is 0. The van der Waals surface area contributed by atoms with Crippen LogP contribution in [-0.4, -0.2) is 31.1 Å². The van der Waals surface area contributed by atoms with Gasteiger partial charge in [0.2, 0.25) is 0 Å². The number of hydrogen-bond acceptors (Lipinski definition) is 2. The van der Waals surface area contributed by atoms with Crippen molar-refractivity contribution in [3.8, 4) is 0 Å². The van der Waals surface area contributed by atoms with E-state index in [4.69, 9.17) is 4.74 Å². The molecule has 0 bridgehead atoms. The van der Waals surface area contributed by atoms with E-state index in [1.165, 1.54) is 0 Å². The summed E-state index contributed by atoms with van der Waals surface area (Å²) < 4.78 is 5.53. The number of aliphatic hydroxyl groups excluding tert-OH is 1. The SMILES string of the molecule is CCCC[C@@H](O)[C@]1([Si](C)(C)C)CO1. The molecule has 0 amide bonds. The zero-order chi connectivity index (χ0) is 10.1. The molecule has 1 N–H and O–H groups in total. The Bertz CT molecular complexity index is 170. The zero-order valence-electron chi connectivity index (χ0n) is 9.26. The van der Waals surface area contributed by atoms with Crippen molar-refractivity contribution >= 4 is 8.07 Å². The lowest BCUT2D eigenvalue weighted by molar-refractivity contribution is 0.100. The molecule has 2 atom stereocenters. The van der Waals surface area contributed by atoms with Gasteiger partial charge in [-0.05, 0) is 6.42 Å². The van der Waals surface area contributed by atoms with Crippen LogP contribution in [0.2, 0.25) is 19.6 Å². The quantitative estimate of drug-likeness (QED) is 0.547. The van der Waals surface area contributed by atoms with Crippen LogP contribution >= 0.6 is 0 Å². The van der Waals surface area contributed by atoms with Crippen molar-refractivity contribution in [3.05, 3.63) is 0 Å². The van der Waals surface area contributed by atoms with Crippen LogP contribution < -0.4 is 0 Å². The molecule has 0 saturated carbocycles. The first-order valence-electron chi connectivity index (χ1n) is 5.26. The van der Waals surface area contributed by atoms with Crippen molar-refractivity contribution in [2.24, 2.45) is 0 Å². The molecule has 0 spiro atoms. The first kappa shape index (κ1) is 11.2. The van der Waals surface area contributed by atoms with E-state index in [2.05, 4.69) is 26.6 Å². The molecule has 1 fully saturated rings. The van der Waals surface area contributed by atoms with Gasteiger partial charge < -0.3 is 9.84 Å². The molecule has 1 aliphatic heterocycles. The number of aliphatic hydroxyl groups is 1. The molecule has 0 aromatic rings. The first-order valence-corrected chi connectivity index (χ1v) is 8.76. The summed E-state index contributed by atoms with van der Waals surface area (Å²) >= 11 is 0. The zero-order valence-corrected chi connectivity index (χ0v) is 10.3. The van der Waals surface area contributed by atoms with Gasteiger partial charge in [0.15, 0.2) is 0 Å². The monoisotopic (exact) mass is 202 g/mol. The Morgan fingerprint density at radius 2 is 2.00 bits per heavy atom. The van der Waals surface area contributed by atoms with E-state index < -0.39 is 8.07 Å². The maximum atomic E-state index is 10.0. The highest BCUT2D eigenvalue weighted by molar-refractivity contribution is 6.79. The lowest BCUT2D eigenvalue weighted by Gasteiger charge is -2.29.